The van der Waals surface area contributed by atoms with Crippen LogP contribution in [-0.2, 0) is 11.3 Å². The van der Waals surface area contributed by atoms with Crippen LogP contribution >= 0.6 is 0 Å². The predicted molar refractivity (Wildman–Crippen MR) is 112 cm³/mol. The number of rotatable bonds is 5. The van der Waals surface area contributed by atoms with Crippen LogP contribution in [-0.4, -0.2) is 23.0 Å². The predicted octanol–water partition coefficient (Wildman–Crippen LogP) is 3.47. The van der Waals surface area contributed by atoms with E-state index in [4.69, 9.17) is 9.39 Å². The average molecular weight is 388 g/mol. The second-order valence-corrected chi connectivity index (χ2v) is 7.24. The average Bonchev–Trinajstić information content (AvgIpc) is 3.09. The minimum atomic E-state index is -0.899. The number of aromatic nitrogens is 1. The first kappa shape index (κ1) is 19.2. The largest absolute Gasteiger partial charge is 0.491 e. The Morgan fingerprint density at radius 2 is 1.97 bits per heavy atom. The molecule has 6 nitrogen and oxygen atoms in total. The van der Waals surface area contributed by atoms with Crippen LogP contribution in [0.5, 0.6) is 11.6 Å². The zero-order valence-corrected chi connectivity index (χ0v) is 16.3. The number of fused-ring (bicyclic) bond motifs is 1. The van der Waals surface area contributed by atoms with E-state index in [-0.39, 0.29) is 5.91 Å². The molecular weight excluding hydrogens is 367 g/mol. The van der Waals surface area contributed by atoms with E-state index in [0.717, 1.165) is 11.0 Å². The highest BCUT2D eigenvalue weighted by Crippen LogP contribution is 2.23. The van der Waals surface area contributed by atoms with Gasteiger partial charge in [0.05, 0.1) is 6.61 Å². The van der Waals surface area contributed by atoms with Gasteiger partial charge in [0.1, 0.15) is 5.75 Å². The van der Waals surface area contributed by atoms with Crippen molar-refractivity contribution in [2.75, 3.05) is 5.32 Å². The number of amides is 1. The number of pyridine rings is 1. The highest BCUT2D eigenvalue weighted by atomic mass is 16.5. The minimum absolute atomic E-state index is 0.271. The summed E-state index contributed by atoms with van der Waals surface area (Å²) in [7, 11) is -0.899. The van der Waals surface area contributed by atoms with Gasteiger partial charge in [-0.15, -0.1) is 0 Å². The standard InChI is InChI=1S/C22H21BN2O4/c1-14(2)15-3-6-19(7-4-15)29-21-12-16(9-10-24-21)22(26)25-18-5-8-20-17(11-18)13-28-23(20)27/h3-12,14,27H,13H2,1-2H3,(H,25,26). The van der Waals surface area contributed by atoms with Crippen molar-refractivity contribution in [2.24, 2.45) is 0 Å². The monoisotopic (exact) mass is 388 g/mol. The molecule has 1 aliphatic rings. The van der Waals surface area contributed by atoms with Crippen molar-refractivity contribution in [1.82, 2.24) is 4.98 Å². The van der Waals surface area contributed by atoms with Gasteiger partial charge in [-0.05, 0) is 52.8 Å². The number of carbonyl (C=O) groups excluding carboxylic acids is 1. The molecule has 0 fully saturated rings. The lowest BCUT2D eigenvalue weighted by atomic mass is 9.79. The van der Waals surface area contributed by atoms with Gasteiger partial charge in [-0.25, -0.2) is 4.98 Å². The first-order chi connectivity index (χ1) is 14.0. The van der Waals surface area contributed by atoms with Crippen molar-refractivity contribution in [3.63, 3.8) is 0 Å². The number of nitrogens with zero attached hydrogens (tertiary/aromatic N) is 1. The molecule has 2 N–H and O–H groups in total. The Morgan fingerprint density at radius 1 is 1.17 bits per heavy atom. The van der Waals surface area contributed by atoms with Gasteiger partial charge in [0.15, 0.2) is 0 Å². The summed E-state index contributed by atoms with van der Waals surface area (Å²) in [5.41, 5.74) is 3.89. The molecule has 1 aliphatic heterocycles. The number of nitrogens with one attached hydrogen (secondary N) is 1. The van der Waals surface area contributed by atoms with Crippen LogP contribution in [0.2, 0.25) is 0 Å². The second-order valence-electron chi connectivity index (χ2n) is 7.24. The van der Waals surface area contributed by atoms with Gasteiger partial charge in [0, 0.05) is 23.5 Å². The smallest absolute Gasteiger partial charge is 0.439 e. The maximum absolute atomic E-state index is 12.6. The summed E-state index contributed by atoms with van der Waals surface area (Å²) >= 11 is 0. The van der Waals surface area contributed by atoms with Crippen molar-refractivity contribution < 1.29 is 19.2 Å². The number of anilines is 1. The lowest BCUT2D eigenvalue weighted by Gasteiger charge is -2.10. The molecule has 2 heterocycles. The third-order valence-electron chi connectivity index (χ3n) is 4.83. The van der Waals surface area contributed by atoms with Crippen LogP contribution in [0.15, 0.2) is 60.8 Å². The maximum Gasteiger partial charge on any atom is 0.491 e. The molecule has 29 heavy (non-hydrogen) atoms. The number of carbonyl (C=O) groups is 1. The normalized spacial score (nSPS) is 12.8. The molecule has 0 spiro atoms. The maximum atomic E-state index is 12.6. The zero-order chi connectivity index (χ0) is 20.4. The third-order valence-corrected chi connectivity index (χ3v) is 4.83. The van der Waals surface area contributed by atoms with Gasteiger partial charge in [-0.3, -0.25) is 4.79 Å². The molecule has 0 radical (unpaired) electrons. The molecule has 2 aromatic carbocycles. The van der Waals surface area contributed by atoms with Gasteiger partial charge in [-0.2, -0.15) is 0 Å². The van der Waals surface area contributed by atoms with Crippen molar-refractivity contribution in [3.8, 4) is 11.6 Å². The van der Waals surface area contributed by atoms with E-state index in [2.05, 4.69) is 24.1 Å². The first-order valence-corrected chi connectivity index (χ1v) is 9.47. The quantitative estimate of drug-likeness (QED) is 0.655. The molecule has 1 amide bonds. The van der Waals surface area contributed by atoms with E-state index >= 15 is 0 Å². The Labute approximate surface area is 169 Å². The molecule has 0 bridgehead atoms. The van der Waals surface area contributed by atoms with E-state index in [1.54, 1.807) is 36.5 Å². The summed E-state index contributed by atoms with van der Waals surface area (Å²) in [6, 6.07) is 16.4. The van der Waals surface area contributed by atoms with Gasteiger partial charge in [0.25, 0.3) is 5.91 Å². The lowest BCUT2D eigenvalue weighted by Crippen LogP contribution is -2.27. The SMILES string of the molecule is CC(C)c1ccc(Oc2cc(C(=O)Nc3ccc4c(c3)COB4O)ccn2)cc1. The summed E-state index contributed by atoms with van der Waals surface area (Å²) in [6.45, 7) is 4.59. The molecule has 0 aliphatic carbocycles. The molecule has 146 valence electrons. The third kappa shape index (κ3) is 4.31. The van der Waals surface area contributed by atoms with Crippen molar-refractivity contribution in [3.05, 3.63) is 77.5 Å². The number of benzene rings is 2. The molecule has 0 saturated carbocycles. The Kier molecular flexibility index (Phi) is 5.33. The van der Waals surface area contributed by atoms with Crippen molar-refractivity contribution in [2.45, 2.75) is 26.4 Å². The van der Waals surface area contributed by atoms with Crippen LogP contribution in [0.1, 0.15) is 41.3 Å². The Morgan fingerprint density at radius 3 is 2.72 bits per heavy atom. The highest BCUT2D eigenvalue weighted by Gasteiger charge is 2.27. The molecule has 0 unspecified atom stereocenters. The number of ether oxygens (including phenoxy) is 1. The molecule has 4 rings (SSSR count). The second kappa shape index (κ2) is 8.07. The van der Waals surface area contributed by atoms with E-state index < -0.39 is 7.12 Å². The van der Waals surface area contributed by atoms with E-state index in [1.807, 2.05) is 24.3 Å². The summed E-state index contributed by atoms with van der Waals surface area (Å²) in [6.07, 6.45) is 1.54. The van der Waals surface area contributed by atoms with Crippen LogP contribution in [0.3, 0.4) is 0 Å². The number of hydrogen-bond donors (Lipinski definition) is 2. The number of hydrogen-bond acceptors (Lipinski definition) is 5. The Balaban J connectivity index is 1.46. The lowest BCUT2D eigenvalue weighted by molar-refractivity contribution is 0.102. The molecule has 7 heteroatoms. The topological polar surface area (TPSA) is 80.7 Å². The van der Waals surface area contributed by atoms with Gasteiger partial charge in [-0.1, -0.05) is 32.0 Å². The van der Waals surface area contributed by atoms with Crippen molar-refractivity contribution >= 4 is 24.2 Å². The van der Waals surface area contributed by atoms with Crippen LogP contribution in [0, 0.1) is 0 Å². The van der Waals surface area contributed by atoms with E-state index in [1.165, 1.54) is 5.56 Å². The minimum Gasteiger partial charge on any atom is -0.439 e. The zero-order valence-electron chi connectivity index (χ0n) is 16.3. The van der Waals surface area contributed by atoms with Crippen LogP contribution in [0.25, 0.3) is 0 Å². The fraction of sp³-hybridized carbons (Fsp3) is 0.182. The van der Waals surface area contributed by atoms with Gasteiger partial charge >= 0.3 is 7.12 Å². The van der Waals surface area contributed by atoms with E-state index in [0.29, 0.717) is 35.4 Å². The Bertz CT molecular complexity index is 1040. The summed E-state index contributed by atoms with van der Waals surface area (Å²) < 4.78 is 11.0. The molecule has 0 saturated heterocycles. The fourth-order valence-corrected chi connectivity index (χ4v) is 3.16. The van der Waals surface area contributed by atoms with Crippen LogP contribution < -0.4 is 15.5 Å². The summed E-state index contributed by atoms with van der Waals surface area (Å²) in [4.78, 5) is 16.8. The summed E-state index contributed by atoms with van der Waals surface area (Å²) in [5, 5.41) is 12.5. The van der Waals surface area contributed by atoms with Crippen molar-refractivity contribution in [1.29, 1.82) is 0 Å². The van der Waals surface area contributed by atoms with Gasteiger partial charge in [0.2, 0.25) is 5.88 Å². The molecule has 0 atom stereocenters. The van der Waals surface area contributed by atoms with E-state index in [9.17, 15) is 9.82 Å². The first-order valence-electron chi connectivity index (χ1n) is 9.47. The summed E-state index contributed by atoms with van der Waals surface area (Å²) in [5.74, 6) is 1.19. The fourth-order valence-electron chi connectivity index (χ4n) is 3.16. The highest BCUT2D eigenvalue weighted by molar-refractivity contribution is 6.61. The molecule has 3 aromatic rings. The molecular formula is C22H21BN2O4. The molecule has 1 aromatic heterocycles. The van der Waals surface area contributed by atoms with Gasteiger partial charge < -0.3 is 19.7 Å². The Hall–Kier alpha value is -3.16. The van der Waals surface area contributed by atoms with Crippen LogP contribution in [0.4, 0.5) is 5.69 Å².